The second-order valence-electron chi connectivity index (χ2n) is 5.23. The van der Waals surface area contributed by atoms with Gasteiger partial charge in [-0.2, -0.15) is 0 Å². The van der Waals surface area contributed by atoms with Crippen LogP contribution in [0.2, 0.25) is 0 Å². The van der Waals surface area contributed by atoms with E-state index in [-0.39, 0.29) is 30.8 Å². The quantitative estimate of drug-likeness (QED) is 0.838. The predicted molar refractivity (Wildman–Crippen MR) is 87.2 cm³/mol. The minimum atomic E-state index is -0.193. The van der Waals surface area contributed by atoms with E-state index < -0.39 is 0 Å². The summed E-state index contributed by atoms with van der Waals surface area (Å²) in [6.07, 6.45) is 0. The van der Waals surface area contributed by atoms with Gasteiger partial charge in [0.05, 0.1) is 19.8 Å². The third-order valence-corrected chi connectivity index (χ3v) is 3.57. The first-order valence-corrected chi connectivity index (χ1v) is 6.96. The molecule has 0 spiro atoms. The number of halogens is 1. The van der Waals surface area contributed by atoms with Crippen LogP contribution in [0.5, 0.6) is 0 Å². The van der Waals surface area contributed by atoms with Crippen molar-refractivity contribution < 1.29 is 14.3 Å². The Bertz CT molecular complexity index is 545. The summed E-state index contributed by atoms with van der Waals surface area (Å²) in [6.45, 7) is 4.18. The number of nitrogens with zero attached hydrogens (tertiary/aromatic N) is 2. The number of aryl methyl sites for hydroxylation is 1. The van der Waals surface area contributed by atoms with Crippen LogP contribution in [0.15, 0.2) is 18.2 Å². The summed E-state index contributed by atoms with van der Waals surface area (Å²) in [5.41, 5.74) is 7.64. The highest BCUT2D eigenvalue weighted by atomic mass is 35.5. The number of carbonyl (C=O) groups excluding carboxylic acids is 2. The van der Waals surface area contributed by atoms with Crippen LogP contribution < -0.4 is 5.73 Å². The number of hydrogen-bond acceptors (Lipinski definition) is 4. The molecule has 1 aliphatic rings. The van der Waals surface area contributed by atoms with Gasteiger partial charge in [0.1, 0.15) is 0 Å². The zero-order valence-corrected chi connectivity index (χ0v) is 13.7. The Morgan fingerprint density at radius 2 is 1.95 bits per heavy atom. The molecule has 0 unspecified atom stereocenters. The van der Waals surface area contributed by atoms with Crippen LogP contribution in [0.3, 0.4) is 0 Å². The zero-order valence-electron chi connectivity index (χ0n) is 12.9. The van der Waals surface area contributed by atoms with E-state index in [0.717, 1.165) is 5.56 Å². The van der Waals surface area contributed by atoms with Gasteiger partial charge in [-0.3, -0.25) is 9.59 Å². The van der Waals surface area contributed by atoms with Crippen molar-refractivity contribution in [3.05, 3.63) is 29.3 Å². The van der Waals surface area contributed by atoms with Gasteiger partial charge in [0.15, 0.2) is 0 Å². The number of amides is 2. The lowest BCUT2D eigenvalue weighted by molar-refractivity contribution is -0.135. The van der Waals surface area contributed by atoms with E-state index >= 15 is 0 Å². The molecule has 0 atom stereocenters. The third kappa shape index (κ3) is 4.35. The largest absolute Gasteiger partial charge is 0.399 e. The monoisotopic (exact) mass is 327 g/mol. The fourth-order valence-electron chi connectivity index (χ4n) is 2.26. The van der Waals surface area contributed by atoms with Gasteiger partial charge in [-0.25, -0.2) is 0 Å². The van der Waals surface area contributed by atoms with Crippen LogP contribution in [0, 0.1) is 6.92 Å². The van der Waals surface area contributed by atoms with Gasteiger partial charge in [0.25, 0.3) is 5.91 Å². The molecule has 0 radical (unpaired) electrons. The highest BCUT2D eigenvalue weighted by Crippen LogP contribution is 2.14. The Morgan fingerprint density at radius 1 is 1.32 bits per heavy atom. The summed E-state index contributed by atoms with van der Waals surface area (Å²) in [7, 11) is 1.63. The molecule has 1 aromatic rings. The molecule has 6 nitrogen and oxygen atoms in total. The first-order valence-electron chi connectivity index (χ1n) is 6.96. The third-order valence-electron chi connectivity index (χ3n) is 3.57. The van der Waals surface area contributed by atoms with E-state index in [1.807, 2.05) is 6.92 Å². The first kappa shape index (κ1) is 18.3. The fourth-order valence-corrected chi connectivity index (χ4v) is 2.26. The van der Waals surface area contributed by atoms with Gasteiger partial charge < -0.3 is 20.3 Å². The molecule has 1 aromatic carbocycles. The molecule has 2 N–H and O–H groups in total. The normalized spacial score (nSPS) is 14.2. The topological polar surface area (TPSA) is 75.9 Å². The molecule has 1 aliphatic heterocycles. The van der Waals surface area contributed by atoms with Crippen molar-refractivity contribution in [2.45, 2.75) is 6.92 Å². The molecule has 0 aromatic heterocycles. The van der Waals surface area contributed by atoms with Crippen molar-refractivity contribution in [2.75, 3.05) is 45.6 Å². The van der Waals surface area contributed by atoms with Crippen LogP contribution in [0.1, 0.15) is 15.9 Å². The predicted octanol–water partition coefficient (Wildman–Crippen LogP) is 0.930. The molecule has 7 heteroatoms. The summed E-state index contributed by atoms with van der Waals surface area (Å²) < 4.78 is 5.21. The molecule has 1 saturated heterocycles. The van der Waals surface area contributed by atoms with Crippen molar-refractivity contribution >= 4 is 29.9 Å². The van der Waals surface area contributed by atoms with Crippen molar-refractivity contribution in [3.8, 4) is 0 Å². The number of hydrogen-bond donors (Lipinski definition) is 1. The minimum absolute atomic E-state index is 0. The zero-order chi connectivity index (χ0) is 15.4. The van der Waals surface area contributed by atoms with Gasteiger partial charge >= 0.3 is 0 Å². The summed E-state index contributed by atoms with van der Waals surface area (Å²) in [6, 6.07) is 5.21. The number of ether oxygens (including phenoxy) is 1. The smallest absolute Gasteiger partial charge is 0.254 e. The number of likely N-dealkylation sites (N-methyl/N-ethyl adjacent to an activating group) is 1. The maximum Gasteiger partial charge on any atom is 0.254 e. The van der Waals surface area contributed by atoms with E-state index in [4.69, 9.17) is 10.5 Å². The number of morpholine rings is 1. The number of benzene rings is 1. The molecule has 1 fully saturated rings. The summed E-state index contributed by atoms with van der Waals surface area (Å²) >= 11 is 0. The van der Waals surface area contributed by atoms with E-state index in [1.54, 1.807) is 30.1 Å². The Balaban J connectivity index is 0.00000242. The molecule has 22 heavy (non-hydrogen) atoms. The summed E-state index contributed by atoms with van der Waals surface area (Å²) in [4.78, 5) is 27.7. The average Bonchev–Trinajstić information content (AvgIpc) is 2.49. The maximum absolute atomic E-state index is 12.4. The van der Waals surface area contributed by atoms with E-state index in [2.05, 4.69) is 0 Å². The number of nitrogens with two attached hydrogens (primary N) is 1. The number of nitrogen functional groups attached to an aromatic ring is 1. The van der Waals surface area contributed by atoms with E-state index in [0.29, 0.717) is 37.6 Å². The van der Waals surface area contributed by atoms with E-state index in [1.165, 1.54) is 4.90 Å². The number of rotatable bonds is 3. The molecule has 0 bridgehead atoms. The minimum Gasteiger partial charge on any atom is -0.399 e. The lowest BCUT2D eigenvalue weighted by Gasteiger charge is -2.29. The fraction of sp³-hybridized carbons (Fsp3) is 0.467. The van der Waals surface area contributed by atoms with Gasteiger partial charge in [-0.1, -0.05) is 6.07 Å². The maximum atomic E-state index is 12.4. The second kappa shape index (κ2) is 8.00. The molecule has 1 heterocycles. The Hall–Kier alpha value is -1.79. The van der Waals surface area contributed by atoms with Crippen LogP contribution in [0.25, 0.3) is 0 Å². The average molecular weight is 328 g/mol. The van der Waals surface area contributed by atoms with Crippen molar-refractivity contribution in [1.82, 2.24) is 9.80 Å². The van der Waals surface area contributed by atoms with Crippen LogP contribution >= 0.6 is 12.4 Å². The van der Waals surface area contributed by atoms with Gasteiger partial charge in [-0.05, 0) is 24.6 Å². The molecule has 0 aliphatic carbocycles. The number of carbonyl (C=O) groups is 2. The van der Waals surface area contributed by atoms with Crippen LogP contribution in [-0.4, -0.2) is 61.5 Å². The van der Waals surface area contributed by atoms with E-state index in [9.17, 15) is 9.59 Å². The Labute approximate surface area is 136 Å². The Morgan fingerprint density at radius 3 is 2.59 bits per heavy atom. The highest BCUT2D eigenvalue weighted by molar-refractivity contribution is 5.98. The Kier molecular flexibility index (Phi) is 6.64. The number of anilines is 1. The molecule has 2 rings (SSSR count). The SMILES string of the molecule is Cc1ccc(N)cc1C(=O)N(C)CC(=O)N1CCOCC1.Cl. The lowest BCUT2D eigenvalue weighted by Crippen LogP contribution is -2.46. The van der Waals surface area contributed by atoms with Crippen molar-refractivity contribution in [3.63, 3.8) is 0 Å². The second-order valence-corrected chi connectivity index (χ2v) is 5.23. The molecule has 2 amide bonds. The van der Waals surface area contributed by atoms with Crippen molar-refractivity contribution in [2.24, 2.45) is 0 Å². The van der Waals surface area contributed by atoms with Crippen molar-refractivity contribution in [1.29, 1.82) is 0 Å². The lowest BCUT2D eigenvalue weighted by atomic mass is 10.1. The molecular formula is C15H22ClN3O3. The van der Waals surface area contributed by atoms with Gasteiger partial charge in [0, 0.05) is 31.4 Å². The first-order chi connectivity index (χ1) is 9.99. The molecule has 0 saturated carbocycles. The molecule has 122 valence electrons. The summed E-state index contributed by atoms with van der Waals surface area (Å²) in [5, 5.41) is 0. The standard InChI is InChI=1S/C15H21N3O3.ClH/c1-11-3-4-12(16)9-13(11)15(20)17(2)10-14(19)18-5-7-21-8-6-18;/h3-4,9H,5-8,10,16H2,1-2H3;1H. The van der Waals surface area contributed by atoms with Gasteiger partial charge in [-0.15, -0.1) is 12.4 Å². The molecular weight excluding hydrogens is 306 g/mol. The van der Waals surface area contributed by atoms with Crippen LogP contribution in [0.4, 0.5) is 5.69 Å². The summed E-state index contributed by atoms with van der Waals surface area (Å²) in [5.74, 6) is -0.253. The highest BCUT2D eigenvalue weighted by Gasteiger charge is 2.21. The van der Waals surface area contributed by atoms with Crippen LogP contribution in [-0.2, 0) is 9.53 Å². The van der Waals surface area contributed by atoms with Gasteiger partial charge in [0.2, 0.25) is 5.91 Å².